The summed E-state index contributed by atoms with van der Waals surface area (Å²) >= 11 is 6.20. The molecule has 7 heteroatoms. The van der Waals surface area contributed by atoms with Gasteiger partial charge < -0.3 is 10.1 Å². The van der Waals surface area contributed by atoms with E-state index in [1.165, 1.54) is 0 Å². The Kier molecular flexibility index (Phi) is 6.44. The molecule has 0 aliphatic heterocycles. The average Bonchev–Trinajstić information content (AvgIpc) is 3.12. The minimum Gasteiger partial charge on any atom is -0.488 e. The lowest BCUT2D eigenvalue weighted by molar-refractivity contribution is 0.303. The first-order chi connectivity index (χ1) is 12.8. The van der Waals surface area contributed by atoms with Crippen LogP contribution in [0.15, 0.2) is 48.5 Å². The highest BCUT2D eigenvalue weighted by Crippen LogP contribution is 2.22. The van der Waals surface area contributed by atoms with Gasteiger partial charge in [0.25, 0.3) is 0 Å². The number of ether oxygens (including phenoxy) is 1. The molecule has 0 saturated carbocycles. The van der Waals surface area contributed by atoms with Gasteiger partial charge in [0, 0.05) is 29.2 Å². The fourth-order valence-electron chi connectivity index (χ4n) is 2.53. The van der Waals surface area contributed by atoms with E-state index in [2.05, 4.69) is 27.8 Å². The minimum absolute atomic E-state index is 0.422. The van der Waals surface area contributed by atoms with E-state index in [4.69, 9.17) is 16.3 Å². The fourth-order valence-corrected chi connectivity index (χ4v) is 2.72. The van der Waals surface area contributed by atoms with E-state index in [9.17, 15) is 0 Å². The van der Waals surface area contributed by atoms with Crippen LogP contribution in [0, 0.1) is 0 Å². The minimum atomic E-state index is 0.422. The van der Waals surface area contributed by atoms with Crippen molar-refractivity contribution in [2.75, 3.05) is 5.32 Å². The normalized spacial score (nSPS) is 10.7. The molecule has 1 aromatic heterocycles. The van der Waals surface area contributed by atoms with Gasteiger partial charge in [-0.15, -0.1) is 0 Å². The molecule has 1 N–H and O–H groups in total. The maximum absolute atomic E-state index is 6.20. The van der Waals surface area contributed by atoms with Crippen LogP contribution in [-0.2, 0) is 19.7 Å². The Morgan fingerprint density at radius 3 is 2.65 bits per heavy atom. The van der Waals surface area contributed by atoms with Gasteiger partial charge >= 0.3 is 0 Å². The van der Waals surface area contributed by atoms with Gasteiger partial charge in [0.1, 0.15) is 12.4 Å². The van der Waals surface area contributed by atoms with Crippen LogP contribution in [0.25, 0.3) is 0 Å². The lowest BCUT2D eigenvalue weighted by Gasteiger charge is -2.13. The van der Waals surface area contributed by atoms with Crippen LogP contribution in [0.1, 0.15) is 30.9 Å². The molecule has 0 fully saturated rings. The van der Waals surface area contributed by atoms with Gasteiger partial charge in [0.15, 0.2) is 0 Å². The molecule has 0 bridgehead atoms. The molecule has 1 heterocycles. The van der Waals surface area contributed by atoms with Gasteiger partial charge in [-0.2, -0.15) is 0 Å². The maximum Gasteiger partial charge on any atom is 0.243 e. The smallest absolute Gasteiger partial charge is 0.243 e. The second-order valence-corrected chi connectivity index (χ2v) is 6.33. The van der Waals surface area contributed by atoms with Gasteiger partial charge in [-0.1, -0.05) is 66.4 Å². The predicted molar refractivity (Wildman–Crippen MR) is 102 cm³/mol. The quantitative estimate of drug-likeness (QED) is 0.606. The highest BCUT2D eigenvalue weighted by molar-refractivity contribution is 6.31. The predicted octanol–water partition coefficient (Wildman–Crippen LogP) is 4.32. The molecule has 0 atom stereocenters. The van der Waals surface area contributed by atoms with Crippen LogP contribution in [0.5, 0.6) is 5.75 Å². The Hall–Kier alpha value is -2.60. The summed E-state index contributed by atoms with van der Waals surface area (Å²) in [5, 5.41) is 15.8. The lowest BCUT2D eigenvalue weighted by atomic mass is 10.2. The van der Waals surface area contributed by atoms with Crippen molar-refractivity contribution >= 4 is 17.5 Å². The Morgan fingerprint density at radius 1 is 1.08 bits per heavy atom. The number of halogens is 1. The van der Waals surface area contributed by atoms with Crippen LogP contribution in [0.3, 0.4) is 0 Å². The van der Waals surface area contributed by atoms with Crippen LogP contribution < -0.4 is 10.1 Å². The average molecular weight is 372 g/mol. The molecule has 3 rings (SSSR count). The summed E-state index contributed by atoms with van der Waals surface area (Å²) in [7, 11) is 0. The number of nitrogens with one attached hydrogen (secondary N) is 1. The van der Waals surface area contributed by atoms with Gasteiger partial charge in [0.2, 0.25) is 5.95 Å². The number of aryl methyl sites for hydroxylation is 1. The van der Waals surface area contributed by atoms with Crippen LogP contribution in [-0.4, -0.2) is 20.2 Å². The van der Waals surface area contributed by atoms with E-state index < -0.39 is 0 Å². The zero-order valence-corrected chi connectivity index (χ0v) is 15.5. The number of para-hydroxylation sites is 1. The number of anilines is 1. The van der Waals surface area contributed by atoms with Crippen LogP contribution in [0.4, 0.5) is 5.95 Å². The molecule has 2 aromatic carbocycles. The molecule has 0 saturated heterocycles. The molecule has 3 aromatic rings. The molecular weight excluding hydrogens is 350 g/mol. The summed E-state index contributed by atoms with van der Waals surface area (Å²) in [4.78, 5) is 0. The monoisotopic (exact) mass is 371 g/mol. The number of hydrogen-bond donors (Lipinski definition) is 1. The molecule has 0 aliphatic rings. The number of hydrogen-bond acceptors (Lipinski definition) is 5. The SMILES string of the molecule is CCCCn1nnnc1NCc1ccccc1OCc1ccccc1Cl. The van der Waals surface area contributed by atoms with E-state index >= 15 is 0 Å². The van der Waals surface area contributed by atoms with Gasteiger partial charge in [-0.05, 0) is 29.0 Å². The largest absolute Gasteiger partial charge is 0.488 e. The first kappa shape index (κ1) is 18.2. The molecule has 0 radical (unpaired) electrons. The molecule has 0 unspecified atom stereocenters. The molecular formula is C19H22ClN5O. The molecule has 0 amide bonds. The number of nitrogens with zero attached hydrogens (tertiary/aromatic N) is 4. The van der Waals surface area contributed by atoms with Crippen molar-refractivity contribution in [1.29, 1.82) is 0 Å². The Balaban J connectivity index is 1.64. The first-order valence-corrected chi connectivity index (χ1v) is 9.10. The topological polar surface area (TPSA) is 64.9 Å². The molecule has 0 spiro atoms. The zero-order chi connectivity index (χ0) is 18.2. The van der Waals surface area contributed by atoms with Crippen LogP contribution >= 0.6 is 11.6 Å². The van der Waals surface area contributed by atoms with Gasteiger partial charge in [-0.25, -0.2) is 4.68 Å². The van der Waals surface area contributed by atoms with Crippen molar-refractivity contribution in [3.05, 3.63) is 64.7 Å². The molecule has 136 valence electrons. The third kappa shape index (κ3) is 4.73. The Labute approximate surface area is 158 Å². The maximum atomic E-state index is 6.20. The number of unbranched alkanes of at least 4 members (excludes halogenated alkanes) is 1. The lowest BCUT2D eigenvalue weighted by Crippen LogP contribution is -2.10. The van der Waals surface area contributed by atoms with E-state index in [-0.39, 0.29) is 0 Å². The highest BCUT2D eigenvalue weighted by Gasteiger charge is 2.08. The van der Waals surface area contributed by atoms with Crippen molar-refractivity contribution in [2.24, 2.45) is 0 Å². The highest BCUT2D eigenvalue weighted by atomic mass is 35.5. The van der Waals surface area contributed by atoms with E-state index in [1.807, 2.05) is 48.5 Å². The van der Waals surface area contributed by atoms with Gasteiger partial charge in [-0.3, -0.25) is 0 Å². The fraction of sp³-hybridized carbons (Fsp3) is 0.316. The summed E-state index contributed by atoms with van der Waals surface area (Å²) < 4.78 is 7.77. The first-order valence-electron chi connectivity index (χ1n) is 8.72. The Bertz CT molecular complexity index is 836. The Morgan fingerprint density at radius 2 is 1.85 bits per heavy atom. The number of rotatable bonds is 9. The van der Waals surface area contributed by atoms with Crippen LogP contribution in [0.2, 0.25) is 5.02 Å². The standard InChI is InChI=1S/C19H22ClN5O/c1-2-3-12-25-19(22-23-24-25)21-13-15-8-5-7-11-18(15)26-14-16-9-4-6-10-17(16)20/h4-11H,2-3,12-14H2,1H3,(H,21,22,24). The molecule has 6 nitrogen and oxygen atoms in total. The van der Waals surface area contributed by atoms with E-state index in [1.54, 1.807) is 4.68 Å². The summed E-state index contributed by atoms with van der Waals surface area (Å²) in [6, 6.07) is 15.6. The molecule has 0 aliphatic carbocycles. The van der Waals surface area contributed by atoms with Crippen molar-refractivity contribution in [1.82, 2.24) is 20.2 Å². The van der Waals surface area contributed by atoms with Crippen molar-refractivity contribution < 1.29 is 4.74 Å². The van der Waals surface area contributed by atoms with Crippen molar-refractivity contribution in [3.63, 3.8) is 0 Å². The summed E-state index contributed by atoms with van der Waals surface area (Å²) in [6.07, 6.45) is 2.13. The third-order valence-electron chi connectivity index (χ3n) is 4.01. The number of benzene rings is 2. The summed E-state index contributed by atoms with van der Waals surface area (Å²) in [6.45, 7) is 3.94. The van der Waals surface area contributed by atoms with Gasteiger partial charge in [0.05, 0.1) is 0 Å². The van der Waals surface area contributed by atoms with E-state index in [0.29, 0.717) is 24.1 Å². The summed E-state index contributed by atoms with van der Waals surface area (Å²) in [5.41, 5.74) is 1.99. The second-order valence-electron chi connectivity index (χ2n) is 5.92. The van der Waals surface area contributed by atoms with Crippen molar-refractivity contribution in [3.8, 4) is 5.75 Å². The van der Waals surface area contributed by atoms with E-state index in [0.717, 1.165) is 36.3 Å². The number of aromatic nitrogens is 4. The third-order valence-corrected chi connectivity index (χ3v) is 4.37. The second kappa shape index (κ2) is 9.20. The van der Waals surface area contributed by atoms with Crippen molar-refractivity contribution in [2.45, 2.75) is 39.5 Å². The number of tetrazole rings is 1. The summed E-state index contributed by atoms with van der Waals surface area (Å²) in [5.74, 6) is 1.48. The molecule has 26 heavy (non-hydrogen) atoms. The zero-order valence-electron chi connectivity index (χ0n) is 14.7.